The van der Waals surface area contributed by atoms with Crippen LogP contribution < -0.4 is 0 Å². The third kappa shape index (κ3) is 15.0. The van der Waals surface area contributed by atoms with Gasteiger partial charge in [-0.2, -0.15) is 0 Å². The fraction of sp³-hybridized carbons (Fsp3) is 0.700. The van der Waals surface area contributed by atoms with Crippen LogP contribution in [0.15, 0.2) is 23.3 Å². The minimum Gasteiger partial charge on any atom is -0.373 e. The number of unbranched alkanes of at least 4 members (excludes halogenated alkanes) is 1. The van der Waals surface area contributed by atoms with Crippen molar-refractivity contribution >= 4 is 14.7 Å². The highest BCUT2D eigenvalue weighted by atomic mass is 31.2. The van der Waals surface area contributed by atoms with E-state index in [1.165, 1.54) is 11.1 Å². The molecule has 0 aliphatic heterocycles. The molecule has 7 heteroatoms. The second-order valence-corrected chi connectivity index (χ2v) is 13.1. The summed E-state index contributed by atoms with van der Waals surface area (Å²) < 4.78 is 29.2. The molecule has 0 fully saturated rings. The molecule has 1 unspecified atom stereocenters. The lowest BCUT2D eigenvalue weighted by atomic mass is 10.1. The Balaban J connectivity index is 4.08. The van der Waals surface area contributed by atoms with Gasteiger partial charge in [0.2, 0.25) is 0 Å². The van der Waals surface area contributed by atoms with E-state index in [0.29, 0.717) is 13.0 Å². The van der Waals surface area contributed by atoms with Gasteiger partial charge in [0.05, 0.1) is 6.61 Å². The Morgan fingerprint density at radius 3 is 2.22 bits per heavy atom. The van der Waals surface area contributed by atoms with E-state index in [9.17, 15) is 9.13 Å². The number of rotatable bonds is 12. The van der Waals surface area contributed by atoms with Crippen molar-refractivity contribution in [1.82, 2.24) is 0 Å². The lowest BCUT2D eigenvalue weighted by Crippen LogP contribution is -2.09. The maximum absolute atomic E-state index is 12.6. The van der Waals surface area contributed by atoms with Crippen LogP contribution in [-0.2, 0) is 13.9 Å². The maximum Gasteiger partial charge on any atom is 0.332 e. The summed E-state index contributed by atoms with van der Waals surface area (Å²) in [6, 6.07) is 0. The van der Waals surface area contributed by atoms with Crippen LogP contribution in [0.1, 0.15) is 66.7 Å². The summed E-state index contributed by atoms with van der Waals surface area (Å²) in [5, 5.41) is 0. The van der Waals surface area contributed by atoms with Crippen molar-refractivity contribution in [2.75, 3.05) is 18.9 Å². The van der Waals surface area contributed by atoms with E-state index in [4.69, 9.17) is 14.5 Å². The molecular formula is C20H36O5P2. The van der Waals surface area contributed by atoms with Gasteiger partial charge in [0, 0.05) is 18.5 Å². The van der Waals surface area contributed by atoms with E-state index in [1.807, 2.05) is 0 Å². The third-order valence-corrected chi connectivity index (χ3v) is 9.92. The summed E-state index contributed by atoms with van der Waals surface area (Å²) in [5.41, 5.74) is 2.41. The predicted molar refractivity (Wildman–Crippen MR) is 115 cm³/mol. The summed E-state index contributed by atoms with van der Waals surface area (Å²) in [7, 11) is -7.37. The zero-order chi connectivity index (χ0) is 20.9. The number of allylic oxidation sites excluding steroid dienone is 4. The Hall–Kier alpha value is -0.620. The molecule has 0 spiro atoms. The minimum atomic E-state index is -4.32. The number of hydrogen-bond acceptors (Lipinski definition) is 3. The van der Waals surface area contributed by atoms with Crippen molar-refractivity contribution in [1.29, 1.82) is 0 Å². The maximum atomic E-state index is 12.6. The molecule has 5 nitrogen and oxygen atoms in total. The molecule has 0 saturated heterocycles. The highest BCUT2D eigenvalue weighted by molar-refractivity contribution is 7.76. The van der Waals surface area contributed by atoms with Crippen LogP contribution >= 0.6 is 14.7 Å². The van der Waals surface area contributed by atoms with Crippen LogP contribution in [0.2, 0.25) is 0 Å². The van der Waals surface area contributed by atoms with Gasteiger partial charge in [-0.05, 0) is 40.0 Å². The molecule has 0 aromatic carbocycles. The smallest absolute Gasteiger partial charge is 0.332 e. The summed E-state index contributed by atoms with van der Waals surface area (Å²) in [6.07, 6.45) is 8.78. The molecule has 0 rings (SSSR count). The highest BCUT2D eigenvalue weighted by Gasteiger charge is 2.34. The van der Waals surface area contributed by atoms with Crippen LogP contribution in [-0.4, -0.2) is 34.3 Å². The zero-order valence-electron chi connectivity index (χ0n) is 17.4. The van der Waals surface area contributed by atoms with Gasteiger partial charge in [-0.1, -0.05) is 37.1 Å². The van der Waals surface area contributed by atoms with Gasteiger partial charge in [-0.15, -0.1) is 11.8 Å². The Kier molecular flexibility index (Phi) is 13.2. The molecule has 0 amide bonds. The first-order valence-electron chi connectivity index (χ1n) is 9.41. The van der Waals surface area contributed by atoms with Crippen molar-refractivity contribution in [3.63, 3.8) is 0 Å². The average Bonchev–Trinajstić information content (AvgIpc) is 2.51. The molecule has 0 aromatic heterocycles. The first-order valence-corrected chi connectivity index (χ1v) is 13.4. The van der Waals surface area contributed by atoms with Crippen LogP contribution in [0.5, 0.6) is 0 Å². The molecule has 0 aliphatic rings. The van der Waals surface area contributed by atoms with Gasteiger partial charge >= 0.3 is 7.60 Å². The third-order valence-electron chi connectivity index (χ3n) is 4.02. The van der Waals surface area contributed by atoms with Crippen LogP contribution in [0.4, 0.5) is 0 Å². The van der Waals surface area contributed by atoms with Crippen LogP contribution in [0, 0.1) is 11.8 Å². The van der Waals surface area contributed by atoms with Gasteiger partial charge in [-0.3, -0.25) is 4.57 Å². The Morgan fingerprint density at radius 1 is 1.04 bits per heavy atom. The zero-order valence-corrected chi connectivity index (χ0v) is 19.2. The summed E-state index contributed by atoms with van der Waals surface area (Å²) in [5.74, 6) is 5.52. The first-order chi connectivity index (χ1) is 12.5. The normalized spacial score (nSPS) is 14.4. The summed E-state index contributed by atoms with van der Waals surface area (Å²) in [4.78, 5) is 18.2. The molecule has 0 bridgehead atoms. The second kappa shape index (κ2) is 13.5. The number of hydrogen-bond donors (Lipinski definition) is 2. The van der Waals surface area contributed by atoms with Crippen LogP contribution in [0.25, 0.3) is 0 Å². The standard InChI is InChI=1S/C20H36O5P2/c1-18(2)12-11-14-20(5)13-9-7-6-8-10-15-25-16-26(21,19(3)4)17-27(22,23)24/h12-13,19H,7,9-11,14-17H2,1-5H3,(H2,22,23,24). The summed E-state index contributed by atoms with van der Waals surface area (Å²) in [6.45, 7) is 10.1. The molecule has 0 aliphatic carbocycles. The molecule has 2 N–H and O–H groups in total. The van der Waals surface area contributed by atoms with E-state index in [2.05, 4.69) is 44.8 Å². The Morgan fingerprint density at radius 2 is 1.67 bits per heavy atom. The van der Waals surface area contributed by atoms with Crippen molar-refractivity contribution in [2.24, 2.45) is 0 Å². The van der Waals surface area contributed by atoms with Gasteiger partial charge in [0.25, 0.3) is 0 Å². The predicted octanol–water partition coefficient (Wildman–Crippen LogP) is 5.73. The fourth-order valence-corrected chi connectivity index (χ4v) is 7.13. The van der Waals surface area contributed by atoms with Crippen molar-refractivity contribution in [2.45, 2.75) is 72.4 Å². The van der Waals surface area contributed by atoms with Gasteiger partial charge in [0.1, 0.15) is 19.4 Å². The summed E-state index contributed by atoms with van der Waals surface area (Å²) >= 11 is 0. The van der Waals surface area contributed by atoms with E-state index in [0.717, 1.165) is 25.7 Å². The van der Waals surface area contributed by atoms with Crippen molar-refractivity contribution in [3.05, 3.63) is 23.3 Å². The minimum absolute atomic E-state index is 0.106. The van der Waals surface area contributed by atoms with E-state index in [1.54, 1.807) is 13.8 Å². The number of ether oxygens (including phenoxy) is 1. The monoisotopic (exact) mass is 418 g/mol. The fourth-order valence-electron chi connectivity index (χ4n) is 2.27. The topological polar surface area (TPSA) is 83.8 Å². The molecule has 0 aromatic rings. The van der Waals surface area contributed by atoms with Crippen LogP contribution in [0.3, 0.4) is 0 Å². The van der Waals surface area contributed by atoms with E-state index >= 15 is 0 Å². The van der Waals surface area contributed by atoms with Gasteiger partial charge in [-0.25, -0.2) is 0 Å². The SMILES string of the molecule is CC(C)=CCCC(C)=CCCC#CCCOCP(=O)(CP(=O)(O)O)C(C)C. The lowest BCUT2D eigenvalue weighted by Gasteiger charge is -2.22. The Labute approximate surface area is 165 Å². The molecular weight excluding hydrogens is 382 g/mol. The van der Waals surface area contributed by atoms with Crippen molar-refractivity contribution in [3.8, 4) is 11.8 Å². The van der Waals surface area contributed by atoms with Gasteiger partial charge in [0.15, 0.2) is 0 Å². The van der Waals surface area contributed by atoms with E-state index < -0.39 is 20.6 Å². The molecule has 0 radical (unpaired) electrons. The Bertz CT molecular complexity index is 643. The van der Waals surface area contributed by atoms with Gasteiger partial charge < -0.3 is 19.1 Å². The largest absolute Gasteiger partial charge is 0.373 e. The molecule has 156 valence electrons. The molecule has 1 atom stereocenters. The quantitative estimate of drug-likeness (QED) is 0.183. The molecule has 0 saturated carbocycles. The highest BCUT2D eigenvalue weighted by Crippen LogP contribution is 2.60. The van der Waals surface area contributed by atoms with E-state index in [-0.39, 0.29) is 12.0 Å². The lowest BCUT2D eigenvalue weighted by molar-refractivity contribution is 0.181. The van der Waals surface area contributed by atoms with Crippen molar-refractivity contribution < 1.29 is 23.7 Å². The molecule has 0 heterocycles. The first kappa shape index (κ1) is 26.4. The average molecular weight is 418 g/mol. The molecule has 27 heavy (non-hydrogen) atoms. The second-order valence-electron chi connectivity index (χ2n) is 7.40.